The second-order valence-corrected chi connectivity index (χ2v) is 4.53. The van der Waals surface area contributed by atoms with Crippen molar-refractivity contribution in [3.8, 4) is 0 Å². The van der Waals surface area contributed by atoms with Crippen LogP contribution in [0.3, 0.4) is 0 Å². The molecular weight excluding hydrogens is 202 g/mol. The van der Waals surface area contributed by atoms with Crippen molar-refractivity contribution in [2.75, 3.05) is 31.1 Å². The van der Waals surface area contributed by atoms with Crippen molar-refractivity contribution < 1.29 is 0 Å². The summed E-state index contributed by atoms with van der Waals surface area (Å²) in [6, 6.07) is 4.25. The summed E-state index contributed by atoms with van der Waals surface area (Å²) < 4.78 is 0. The van der Waals surface area contributed by atoms with Crippen molar-refractivity contribution in [3.05, 3.63) is 28.7 Å². The molecule has 0 atom stereocenters. The molecule has 1 aromatic heterocycles. The van der Waals surface area contributed by atoms with E-state index in [2.05, 4.69) is 28.6 Å². The molecule has 1 fully saturated rings. The van der Waals surface area contributed by atoms with E-state index in [-0.39, 0.29) is 5.56 Å². The van der Waals surface area contributed by atoms with E-state index >= 15 is 0 Å². The van der Waals surface area contributed by atoms with Crippen LogP contribution in [0.5, 0.6) is 0 Å². The zero-order valence-corrected chi connectivity index (χ0v) is 9.94. The van der Waals surface area contributed by atoms with Crippen molar-refractivity contribution in [1.82, 2.24) is 9.88 Å². The van der Waals surface area contributed by atoms with Crippen LogP contribution in [0, 0.1) is 0 Å². The van der Waals surface area contributed by atoms with Crippen LogP contribution in [0.2, 0.25) is 0 Å². The Morgan fingerprint density at radius 2 is 1.94 bits per heavy atom. The predicted octanol–water partition coefficient (Wildman–Crippen LogP) is 0.905. The van der Waals surface area contributed by atoms with E-state index in [1.165, 1.54) is 0 Å². The first-order valence-electron chi connectivity index (χ1n) is 5.84. The largest absolute Gasteiger partial charge is 0.369 e. The van der Waals surface area contributed by atoms with Gasteiger partial charge in [0, 0.05) is 50.2 Å². The summed E-state index contributed by atoms with van der Waals surface area (Å²) in [6.45, 7) is 8.60. The molecule has 1 saturated heterocycles. The first-order chi connectivity index (χ1) is 7.66. The Morgan fingerprint density at radius 1 is 1.25 bits per heavy atom. The predicted molar refractivity (Wildman–Crippen MR) is 66.0 cm³/mol. The van der Waals surface area contributed by atoms with Gasteiger partial charge in [0.1, 0.15) is 0 Å². The highest BCUT2D eigenvalue weighted by atomic mass is 16.1. The molecule has 1 aliphatic heterocycles. The molecule has 0 amide bonds. The first-order valence-corrected chi connectivity index (χ1v) is 5.84. The number of rotatable bonds is 2. The molecule has 0 unspecified atom stereocenters. The number of anilines is 1. The topological polar surface area (TPSA) is 39.3 Å². The summed E-state index contributed by atoms with van der Waals surface area (Å²) in [5, 5.41) is 0. The Bertz CT molecular complexity index is 391. The molecule has 16 heavy (non-hydrogen) atoms. The zero-order chi connectivity index (χ0) is 11.5. The van der Waals surface area contributed by atoms with Gasteiger partial charge < -0.3 is 9.88 Å². The number of H-pyrrole nitrogens is 1. The number of piperazine rings is 1. The minimum Gasteiger partial charge on any atom is -0.369 e. The summed E-state index contributed by atoms with van der Waals surface area (Å²) >= 11 is 0. The molecule has 1 aliphatic rings. The maximum atomic E-state index is 11.2. The van der Waals surface area contributed by atoms with Crippen LogP contribution in [0.1, 0.15) is 13.8 Å². The van der Waals surface area contributed by atoms with Gasteiger partial charge in [0.05, 0.1) is 0 Å². The van der Waals surface area contributed by atoms with Gasteiger partial charge in [0.25, 0.3) is 0 Å². The average molecular weight is 221 g/mol. The number of aromatic amines is 1. The second kappa shape index (κ2) is 4.70. The van der Waals surface area contributed by atoms with Crippen LogP contribution < -0.4 is 10.5 Å². The van der Waals surface area contributed by atoms with Crippen LogP contribution in [-0.2, 0) is 0 Å². The normalized spacial score (nSPS) is 18.1. The van der Waals surface area contributed by atoms with Gasteiger partial charge in [-0.2, -0.15) is 0 Å². The van der Waals surface area contributed by atoms with E-state index in [1.54, 1.807) is 12.3 Å². The molecule has 4 heteroatoms. The monoisotopic (exact) mass is 221 g/mol. The van der Waals surface area contributed by atoms with Gasteiger partial charge in [-0.15, -0.1) is 0 Å². The molecule has 0 radical (unpaired) electrons. The maximum Gasteiger partial charge on any atom is 0.249 e. The average Bonchev–Trinajstić information content (AvgIpc) is 2.29. The molecule has 0 spiro atoms. The number of nitrogens with zero attached hydrogens (tertiary/aromatic N) is 2. The fourth-order valence-corrected chi connectivity index (χ4v) is 2.13. The highest BCUT2D eigenvalue weighted by Crippen LogP contribution is 2.14. The minimum absolute atomic E-state index is 0.0243. The van der Waals surface area contributed by atoms with Crippen LogP contribution in [0.25, 0.3) is 0 Å². The molecule has 0 aromatic carbocycles. The molecule has 2 heterocycles. The van der Waals surface area contributed by atoms with Crippen molar-refractivity contribution in [2.24, 2.45) is 0 Å². The van der Waals surface area contributed by atoms with Crippen LogP contribution in [-0.4, -0.2) is 42.1 Å². The van der Waals surface area contributed by atoms with Gasteiger partial charge >= 0.3 is 0 Å². The SMILES string of the molecule is CC(C)N1CCN(c2cc[nH]c(=O)c2)CC1. The van der Waals surface area contributed by atoms with E-state index in [9.17, 15) is 4.79 Å². The van der Waals surface area contributed by atoms with Gasteiger partial charge in [-0.1, -0.05) is 0 Å². The molecule has 4 nitrogen and oxygen atoms in total. The molecule has 0 saturated carbocycles. The fraction of sp³-hybridized carbons (Fsp3) is 0.583. The van der Waals surface area contributed by atoms with Crippen molar-refractivity contribution in [3.63, 3.8) is 0 Å². The molecule has 1 N–H and O–H groups in total. The standard InChI is InChI=1S/C12H19N3O/c1-10(2)14-5-7-15(8-6-14)11-3-4-13-12(16)9-11/h3-4,9-10H,5-8H2,1-2H3,(H,13,16). The number of nitrogens with one attached hydrogen (secondary N) is 1. The Balaban J connectivity index is 2.02. The summed E-state index contributed by atoms with van der Waals surface area (Å²) in [7, 11) is 0. The van der Waals surface area contributed by atoms with Gasteiger partial charge in [0.2, 0.25) is 5.56 Å². The van der Waals surface area contributed by atoms with E-state index in [4.69, 9.17) is 0 Å². The van der Waals surface area contributed by atoms with Crippen molar-refractivity contribution in [1.29, 1.82) is 0 Å². The molecule has 88 valence electrons. The smallest absolute Gasteiger partial charge is 0.249 e. The van der Waals surface area contributed by atoms with Crippen molar-refractivity contribution in [2.45, 2.75) is 19.9 Å². The lowest BCUT2D eigenvalue weighted by Crippen LogP contribution is -2.49. The number of pyridine rings is 1. The summed E-state index contributed by atoms with van der Waals surface area (Å²) in [5.74, 6) is 0. The highest BCUT2D eigenvalue weighted by Gasteiger charge is 2.18. The molecule has 0 aliphatic carbocycles. The summed E-state index contributed by atoms with van der Waals surface area (Å²) in [5.41, 5.74) is 1.01. The lowest BCUT2D eigenvalue weighted by Gasteiger charge is -2.38. The summed E-state index contributed by atoms with van der Waals surface area (Å²) in [4.78, 5) is 18.6. The maximum absolute atomic E-state index is 11.2. The van der Waals surface area contributed by atoms with E-state index in [1.807, 2.05) is 6.07 Å². The molecule has 1 aromatic rings. The fourth-order valence-electron chi connectivity index (χ4n) is 2.13. The Labute approximate surface area is 95.9 Å². The van der Waals surface area contributed by atoms with E-state index in [0.29, 0.717) is 6.04 Å². The van der Waals surface area contributed by atoms with Crippen LogP contribution in [0.4, 0.5) is 5.69 Å². The van der Waals surface area contributed by atoms with Gasteiger partial charge in [-0.3, -0.25) is 9.69 Å². The van der Waals surface area contributed by atoms with E-state index in [0.717, 1.165) is 31.9 Å². The van der Waals surface area contributed by atoms with Gasteiger partial charge in [0.15, 0.2) is 0 Å². The number of aromatic nitrogens is 1. The Kier molecular flexibility index (Phi) is 3.29. The number of hydrogen-bond acceptors (Lipinski definition) is 3. The second-order valence-electron chi connectivity index (χ2n) is 4.53. The molecule has 2 rings (SSSR count). The quantitative estimate of drug-likeness (QED) is 0.806. The third-order valence-corrected chi connectivity index (χ3v) is 3.17. The highest BCUT2D eigenvalue weighted by molar-refractivity contribution is 5.44. The summed E-state index contributed by atoms with van der Waals surface area (Å²) in [6.07, 6.45) is 1.71. The van der Waals surface area contributed by atoms with Gasteiger partial charge in [-0.05, 0) is 19.9 Å². The third kappa shape index (κ3) is 2.44. The van der Waals surface area contributed by atoms with Crippen LogP contribution in [0.15, 0.2) is 23.1 Å². The van der Waals surface area contributed by atoms with E-state index < -0.39 is 0 Å². The Morgan fingerprint density at radius 3 is 2.50 bits per heavy atom. The lowest BCUT2D eigenvalue weighted by molar-refractivity contribution is 0.209. The lowest BCUT2D eigenvalue weighted by atomic mass is 10.2. The third-order valence-electron chi connectivity index (χ3n) is 3.17. The number of hydrogen-bond donors (Lipinski definition) is 1. The minimum atomic E-state index is -0.0243. The van der Waals surface area contributed by atoms with Crippen molar-refractivity contribution >= 4 is 5.69 Å². The molecular formula is C12H19N3O. The van der Waals surface area contributed by atoms with Gasteiger partial charge in [-0.25, -0.2) is 0 Å². The Hall–Kier alpha value is -1.29. The first kappa shape index (κ1) is 11.2. The zero-order valence-electron chi connectivity index (χ0n) is 9.94. The molecule has 0 bridgehead atoms. The van der Waals surface area contributed by atoms with Crippen LogP contribution >= 0.6 is 0 Å².